The molecular weight excluding hydrogens is 489 g/mol. The third-order valence-electron chi connectivity index (χ3n) is 7.80. The first-order chi connectivity index (χ1) is 17.1. The van der Waals surface area contributed by atoms with Crippen LogP contribution in [0, 0.1) is 5.92 Å². The highest BCUT2D eigenvalue weighted by Gasteiger charge is 2.49. The van der Waals surface area contributed by atoms with Gasteiger partial charge in [-0.25, -0.2) is 0 Å². The van der Waals surface area contributed by atoms with E-state index in [1.54, 1.807) is 0 Å². The van der Waals surface area contributed by atoms with Crippen LogP contribution in [0.3, 0.4) is 0 Å². The third-order valence-corrected chi connectivity index (χ3v) is 8.11. The van der Waals surface area contributed by atoms with Gasteiger partial charge in [-0.2, -0.15) is 13.2 Å². The second kappa shape index (κ2) is 9.56. The van der Waals surface area contributed by atoms with E-state index in [0.717, 1.165) is 54.7 Å². The second-order valence-electron chi connectivity index (χ2n) is 10.2. The summed E-state index contributed by atoms with van der Waals surface area (Å²) in [5, 5.41) is 16.6. The first-order valence-corrected chi connectivity index (χ1v) is 12.9. The number of alkyl halides is 3. The molecule has 0 spiro atoms. The van der Waals surface area contributed by atoms with Gasteiger partial charge < -0.3 is 15.4 Å². The lowest BCUT2D eigenvalue weighted by Crippen LogP contribution is -2.67. The number of piperidine rings is 1. The maximum Gasteiger partial charge on any atom is 0.416 e. The highest BCUT2D eigenvalue weighted by molar-refractivity contribution is 6.35. The first-order valence-electron chi connectivity index (χ1n) is 12.5. The lowest BCUT2D eigenvalue weighted by Gasteiger charge is -2.56. The first kappa shape index (κ1) is 25.4. The number of nitrogens with zero attached hydrogens (tertiary/aromatic N) is 2. The zero-order valence-corrected chi connectivity index (χ0v) is 21.2. The molecule has 3 atom stereocenters. The van der Waals surface area contributed by atoms with Crippen LogP contribution >= 0.6 is 11.6 Å². The Morgan fingerprint density at radius 1 is 1.17 bits per heavy atom. The second-order valence-corrected chi connectivity index (χ2v) is 10.7. The third kappa shape index (κ3) is 4.72. The Hall–Kier alpha value is -2.26. The van der Waals surface area contributed by atoms with Crippen LogP contribution in [0.2, 0.25) is 5.02 Å². The molecule has 3 unspecified atom stereocenters. The number of aromatic amines is 1. The van der Waals surface area contributed by atoms with Gasteiger partial charge in [-0.3, -0.25) is 9.80 Å². The fourth-order valence-electron chi connectivity index (χ4n) is 5.91. The van der Waals surface area contributed by atoms with Crippen molar-refractivity contribution >= 4 is 28.2 Å². The molecule has 5 nitrogen and oxygen atoms in total. The zero-order valence-electron chi connectivity index (χ0n) is 20.4. The summed E-state index contributed by atoms with van der Waals surface area (Å²) >= 11 is 6.52. The van der Waals surface area contributed by atoms with E-state index in [1.807, 2.05) is 18.3 Å². The van der Waals surface area contributed by atoms with E-state index in [-0.39, 0.29) is 18.1 Å². The number of rotatable bonds is 6. The number of fused-ring (bicyclic) bond motifs is 1. The highest BCUT2D eigenvalue weighted by atomic mass is 35.5. The van der Waals surface area contributed by atoms with E-state index in [2.05, 4.69) is 40.0 Å². The molecule has 0 aliphatic carbocycles. The minimum Gasteiger partial charge on any atom is -0.382 e. The summed E-state index contributed by atoms with van der Waals surface area (Å²) in [5.74, 6) is 0.251. The van der Waals surface area contributed by atoms with E-state index < -0.39 is 17.3 Å². The predicted octanol–water partition coefficient (Wildman–Crippen LogP) is 5.90. The lowest BCUT2D eigenvalue weighted by atomic mass is 9.80. The Morgan fingerprint density at radius 2 is 1.89 bits per heavy atom. The molecular formula is C27H32ClF3N4O. The number of β-amino-alcohol motifs (C(OH)–C–C–N with tert-alkyl or cyclic N) is 1. The Bertz CT molecular complexity index is 1210. The topological polar surface area (TPSA) is 54.5 Å². The number of aliphatic hydroxyl groups is 1. The van der Waals surface area contributed by atoms with Gasteiger partial charge in [0, 0.05) is 54.4 Å². The minimum absolute atomic E-state index is 0.0898. The molecule has 9 heteroatoms. The summed E-state index contributed by atoms with van der Waals surface area (Å²) in [7, 11) is 0. The smallest absolute Gasteiger partial charge is 0.382 e. The molecule has 2 saturated heterocycles. The summed E-state index contributed by atoms with van der Waals surface area (Å²) in [5.41, 5.74) is 0.648. The molecule has 2 fully saturated rings. The fourth-order valence-corrected chi connectivity index (χ4v) is 6.19. The number of aromatic nitrogens is 1. The number of likely N-dealkylation sites (tertiary alicyclic amines) is 2. The summed E-state index contributed by atoms with van der Waals surface area (Å²) in [6.45, 7) is 7.13. The van der Waals surface area contributed by atoms with Crippen LogP contribution in [0.1, 0.15) is 37.8 Å². The maximum atomic E-state index is 12.9. The molecule has 2 aliphatic rings. The number of anilines is 1. The number of benzene rings is 2. The highest BCUT2D eigenvalue weighted by Crippen LogP contribution is 2.40. The number of halogens is 4. The molecule has 3 heterocycles. The average molecular weight is 521 g/mol. The van der Waals surface area contributed by atoms with E-state index in [9.17, 15) is 18.3 Å². The van der Waals surface area contributed by atoms with Gasteiger partial charge in [0.15, 0.2) is 0 Å². The normalized spacial score (nSPS) is 25.1. The van der Waals surface area contributed by atoms with E-state index >= 15 is 0 Å². The van der Waals surface area contributed by atoms with Crippen LogP contribution in [0.25, 0.3) is 10.9 Å². The zero-order chi connectivity index (χ0) is 25.7. The lowest BCUT2D eigenvalue weighted by molar-refractivity contribution is -0.142. The van der Waals surface area contributed by atoms with Crippen molar-refractivity contribution in [1.82, 2.24) is 14.8 Å². The quantitative estimate of drug-likeness (QED) is 0.379. The van der Waals surface area contributed by atoms with Gasteiger partial charge in [0.1, 0.15) is 5.60 Å². The minimum atomic E-state index is -4.38. The van der Waals surface area contributed by atoms with E-state index in [0.29, 0.717) is 23.7 Å². The number of hydrogen-bond donors (Lipinski definition) is 3. The molecule has 0 bridgehead atoms. The molecule has 3 aromatic rings. The molecule has 2 aliphatic heterocycles. The van der Waals surface area contributed by atoms with Crippen molar-refractivity contribution in [1.29, 1.82) is 0 Å². The fraction of sp³-hybridized carbons (Fsp3) is 0.481. The largest absolute Gasteiger partial charge is 0.416 e. The maximum absolute atomic E-state index is 12.9. The molecule has 194 valence electrons. The van der Waals surface area contributed by atoms with Crippen molar-refractivity contribution < 1.29 is 18.3 Å². The average Bonchev–Trinajstić information content (AvgIpc) is 3.29. The number of H-pyrrole nitrogens is 1. The predicted molar refractivity (Wildman–Crippen MR) is 137 cm³/mol. The Balaban J connectivity index is 1.30. The van der Waals surface area contributed by atoms with Gasteiger partial charge in [-0.05, 0) is 55.3 Å². The van der Waals surface area contributed by atoms with Crippen molar-refractivity contribution in [2.45, 2.75) is 50.7 Å². The Labute approximate surface area is 214 Å². The van der Waals surface area contributed by atoms with Gasteiger partial charge in [-0.1, -0.05) is 37.6 Å². The molecule has 3 N–H and O–H groups in total. The van der Waals surface area contributed by atoms with Crippen LogP contribution in [0.5, 0.6) is 0 Å². The van der Waals surface area contributed by atoms with Crippen LogP contribution < -0.4 is 5.32 Å². The SMILES string of the molecule is CCCN1CCC(N2CC(O)(c3ccc(C(F)(F)F)cc3)C2)C(C)C1Nc1cc(Cl)c2cc[nH]c2c1. The summed E-state index contributed by atoms with van der Waals surface area (Å²) < 4.78 is 38.8. The number of nitrogens with one attached hydrogen (secondary N) is 2. The standard InChI is InChI=1S/C27H32ClF3N4O/c1-3-11-34-12-9-24(17(2)25(34)33-20-13-22(28)21-8-10-32-23(21)14-20)35-15-26(36,16-35)18-4-6-19(7-5-18)27(29,30)31/h4-8,10,13-14,17,24-25,32-33,36H,3,9,11-12,15-16H2,1-2H3. The monoisotopic (exact) mass is 520 g/mol. The van der Waals surface area contributed by atoms with Gasteiger partial charge in [-0.15, -0.1) is 0 Å². The van der Waals surface area contributed by atoms with Gasteiger partial charge in [0.2, 0.25) is 0 Å². The molecule has 36 heavy (non-hydrogen) atoms. The van der Waals surface area contributed by atoms with E-state index in [4.69, 9.17) is 11.6 Å². The van der Waals surface area contributed by atoms with Crippen LogP contribution in [0.4, 0.5) is 18.9 Å². The summed E-state index contributed by atoms with van der Waals surface area (Å²) in [6.07, 6.45) is -0.397. The molecule has 5 rings (SSSR count). The van der Waals surface area contributed by atoms with Gasteiger partial charge >= 0.3 is 6.18 Å². The van der Waals surface area contributed by atoms with Crippen molar-refractivity contribution in [2.24, 2.45) is 5.92 Å². The summed E-state index contributed by atoms with van der Waals surface area (Å²) in [4.78, 5) is 7.96. The van der Waals surface area contributed by atoms with Crippen LogP contribution in [-0.4, -0.2) is 58.3 Å². The van der Waals surface area contributed by atoms with Crippen molar-refractivity contribution in [3.05, 3.63) is 64.8 Å². The molecule has 0 amide bonds. The van der Waals surface area contributed by atoms with Crippen LogP contribution in [0.15, 0.2) is 48.7 Å². The molecule has 0 saturated carbocycles. The van der Waals surface area contributed by atoms with Crippen molar-refractivity contribution in [2.75, 3.05) is 31.5 Å². The van der Waals surface area contributed by atoms with E-state index in [1.165, 1.54) is 12.1 Å². The van der Waals surface area contributed by atoms with Gasteiger partial charge in [0.05, 0.1) is 16.8 Å². The molecule has 0 radical (unpaired) electrons. The number of hydrogen-bond acceptors (Lipinski definition) is 4. The molecule has 1 aromatic heterocycles. The summed E-state index contributed by atoms with van der Waals surface area (Å²) in [6, 6.07) is 11.2. The van der Waals surface area contributed by atoms with Crippen LogP contribution in [-0.2, 0) is 11.8 Å². The van der Waals surface area contributed by atoms with Crippen molar-refractivity contribution in [3.63, 3.8) is 0 Å². The Morgan fingerprint density at radius 3 is 2.56 bits per heavy atom. The van der Waals surface area contributed by atoms with Crippen molar-refractivity contribution in [3.8, 4) is 0 Å². The van der Waals surface area contributed by atoms with Gasteiger partial charge in [0.25, 0.3) is 0 Å². The molecule has 2 aromatic carbocycles. The Kier molecular flexibility index (Phi) is 6.74.